The molecule has 0 spiro atoms. The van der Waals surface area contributed by atoms with Crippen molar-refractivity contribution >= 4 is 0 Å². The minimum absolute atomic E-state index is 0.772. The van der Waals surface area contributed by atoms with E-state index in [0.717, 1.165) is 23.7 Å². The highest BCUT2D eigenvalue weighted by molar-refractivity contribution is 5.68. The quantitative estimate of drug-likeness (QED) is 0.471. The molecule has 2 atom stereocenters. The molecule has 2 aliphatic rings. The first-order valence-electron chi connectivity index (χ1n) is 11.8. The normalized spacial score (nSPS) is 28.7. The molecule has 150 valence electrons. The molecule has 0 N–H and O–H groups in total. The highest BCUT2D eigenvalue weighted by Gasteiger charge is 2.20. The Labute approximate surface area is 172 Å². The minimum Gasteiger partial charge on any atom is -0.0625 e. The Hall–Kier alpha value is -1.56. The van der Waals surface area contributed by atoms with Gasteiger partial charge in [-0.1, -0.05) is 88.4 Å². The summed E-state index contributed by atoms with van der Waals surface area (Å²) >= 11 is 0. The first-order chi connectivity index (χ1) is 13.6. The van der Waals surface area contributed by atoms with E-state index in [9.17, 15) is 0 Å². The molecule has 2 aromatic rings. The Kier molecular flexibility index (Phi) is 6.24. The molecule has 2 fully saturated rings. The zero-order chi connectivity index (χ0) is 19.5. The van der Waals surface area contributed by atoms with Gasteiger partial charge in [-0.3, -0.25) is 0 Å². The van der Waals surface area contributed by atoms with Gasteiger partial charge in [-0.15, -0.1) is 0 Å². The van der Waals surface area contributed by atoms with Crippen LogP contribution in [0.25, 0.3) is 11.1 Å². The zero-order valence-corrected chi connectivity index (χ0v) is 18.2. The van der Waals surface area contributed by atoms with Crippen molar-refractivity contribution in [2.75, 3.05) is 0 Å². The molecule has 0 saturated heterocycles. The molecular formula is C28H38. The molecule has 0 aromatic heterocycles. The maximum atomic E-state index is 2.48. The highest BCUT2D eigenvalue weighted by Crippen LogP contribution is 2.38. The van der Waals surface area contributed by atoms with Crippen molar-refractivity contribution in [1.29, 1.82) is 0 Å². The lowest BCUT2D eigenvalue weighted by Gasteiger charge is -2.26. The second-order valence-electron chi connectivity index (χ2n) is 9.96. The summed E-state index contributed by atoms with van der Waals surface area (Å²) < 4.78 is 0. The Bertz CT molecular complexity index is 761. The van der Waals surface area contributed by atoms with Gasteiger partial charge in [0.25, 0.3) is 0 Å². The van der Waals surface area contributed by atoms with Gasteiger partial charge in [0.2, 0.25) is 0 Å². The molecule has 2 aliphatic carbocycles. The summed E-state index contributed by atoms with van der Waals surface area (Å²) in [7, 11) is 0. The van der Waals surface area contributed by atoms with E-state index >= 15 is 0 Å². The first kappa shape index (κ1) is 19.7. The van der Waals surface area contributed by atoms with Gasteiger partial charge in [-0.25, -0.2) is 0 Å². The van der Waals surface area contributed by atoms with Crippen LogP contribution >= 0.6 is 0 Å². The van der Waals surface area contributed by atoms with Crippen molar-refractivity contribution in [3.05, 3.63) is 59.2 Å². The monoisotopic (exact) mass is 374 g/mol. The van der Waals surface area contributed by atoms with Gasteiger partial charge < -0.3 is 0 Å². The number of aryl methyl sites for hydroxylation is 1. The number of rotatable bonds is 3. The summed E-state index contributed by atoms with van der Waals surface area (Å²) in [5.41, 5.74) is 7.36. The Morgan fingerprint density at radius 2 is 1.18 bits per heavy atom. The summed E-state index contributed by atoms with van der Waals surface area (Å²) in [4.78, 5) is 0. The van der Waals surface area contributed by atoms with Gasteiger partial charge in [-0.2, -0.15) is 0 Å². The van der Waals surface area contributed by atoms with Crippen LogP contribution < -0.4 is 0 Å². The SMILES string of the molecule is Cc1cc(C2CCCC(C)CC2)ccc1-c1ccc(C2CCC(C)CC2)cc1. The highest BCUT2D eigenvalue weighted by atomic mass is 14.3. The zero-order valence-electron chi connectivity index (χ0n) is 18.2. The van der Waals surface area contributed by atoms with Crippen LogP contribution in [-0.4, -0.2) is 0 Å². The largest absolute Gasteiger partial charge is 0.0625 e. The van der Waals surface area contributed by atoms with Gasteiger partial charge >= 0.3 is 0 Å². The fraction of sp³-hybridized carbons (Fsp3) is 0.571. The van der Waals surface area contributed by atoms with E-state index in [2.05, 4.69) is 63.2 Å². The fourth-order valence-electron chi connectivity index (χ4n) is 5.61. The van der Waals surface area contributed by atoms with Crippen LogP contribution in [0.5, 0.6) is 0 Å². The average Bonchev–Trinajstić information content (AvgIpc) is 2.93. The Morgan fingerprint density at radius 3 is 1.82 bits per heavy atom. The van der Waals surface area contributed by atoms with Gasteiger partial charge in [0.15, 0.2) is 0 Å². The van der Waals surface area contributed by atoms with E-state index < -0.39 is 0 Å². The summed E-state index contributed by atoms with van der Waals surface area (Å²) in [6, 6.07) is 16.8. The summed E-state index contributed by atoms with van der Waals surface area (Å²) in [6.45, 7) is 7.13. The summed E-state index contributed by atoms with van der Waals surface area (Å²) in [5.74, 6) is 3.39. The van der Waals surface area contributed by atoms with E-state index in [-0.39, 0.29) is 0 Å². The maximum Gasteiger partial charge on any atom is -0.0155 e. The Morgan fingerprint density at radius 1 is 0.607 bits per heavy atom. The molecule has 2 aromatic carbocycles. The van der Waals surface area contributed by atoms with Crippen LogP contribution in [0.4, 0.5) is 0 Å². The molecule has 2 saturated carbocycles. The summed E-state index contributed by atoms with van der Waals surface area (Å²) in [5, 5.41) is 0. The molecule has 28 heavy (non-hydrogen) atoms. The molecule has 4 rings (SSSR count). The van der Waals surface area contributed by atoms with Gasteiger partial charge in [0.05, 0.1) is 0 Å². The molecule has 0 radical (unpaired) electrons. The fourth-order valence-corrected chi connectivity index (χ4v) is 5.61. The third-order valence-corrected chi connectivity index (χ3v) is 7.69. The van der Waals surface area contributed by atoms with Gasteiger partial charge in [-0.05, 0) is 84.1 Å². The van der Waals surface area contributed by atoms with Gasteiger partial charge in [0.1, 0.15) is 0 Å². The molecule has 2 unspecified atom stereocenters. The molecule has 0 bridgehead atoms. The average molecular weight is 375 g/mol. The summed E-state index contributed by atoms with van der Waals surface area (Å²) in [6.07, 6.45) is 12.5. The maximum absolute atomic E-state index is 2.48. The van der Waals surface area contributed by atoms with Crippen LogP contribution in [0.1, 0.15) is 100 Å². The van der Waals surface area contributed by atoms with Gasteiger partial charge in [0, 0.05) is 0 Å². The van der Waals surface area contributed by atoms with E-state index in [1.807, 2.05) is 0 Å². The predicted molar refractivity (Wildman–Crippen MR) is 122 cm³/mol. The molecule has 0 nitrogen and oxygen atoms in total. The second kappa shape index (κ2) is 8.85. The van der Waals surface area contributed by atoms with Crippen molar-refractivity contribution < 1.29 is 0 Å². The molecule has 0 heteroatoms. The third kappa shape index (κ3) is 4.53. The second-order valence-corrected chi connectivity index (χ2v) is 9.96. The van der Waals surface area contributed by atoms with Crippen LogP contribution in [-0.2, 0) is 0 Å². The van der Waals surface area contributed by atoms with Crippen LogP contribution in [0.2, 0.25) is 0 Å². The number of benzene rings is 2. The molecule has 0 heterocycles. The standard InChI is InChI=1S/C28H38/c1-20-5-4-6-23(10-7-20)27-17-18-28(22(3)19-27)26-15-13-25(14-16-26)24-11-8-21(2)9-12-24/h13-21,23-24H,4-12H2,1-3H3. The topological polar surface area (TPSA) is 0 Å². The molecule has 0 amide bonds. The van der Waals surface area contributed by atoms with Crippen molar-refractivity contribution in [2.45, 2.75) is 90.4 Å². The van der Waals surface area contributed by atoms with Crippen LogP contribution in [0.3, 0.4) is 0 Å². The lowest BCUT2D eigenvalue weighted by molar-refractivity contribution is 0.348. The molecule has 0 aliphatic heterocycles. The van der Waals surface area contributed by atoms with Crippen molar-refractivity contribution in [2.24, 2.45) is 11.8 Å². The van der Waals surface area contributed by atoms with E-state index in [1.165, 1.54) is 74.5 Å². The molecular weight excluding hydrogens is 336 g/mol. The number of hydrogen-bond donors (Lipinski definition) is 0. The first-order valence-corrected chi connectivity index (χ1v) is 11.8. The number of hydrogen-bond acceptors (Lipinski definition) is 0. The van der Waals surface area contributed by atoms with Crippen molar-refractivity contribution in [3.8, 4) is 11.1 Å². The van der Waals surface area contributed by atoms with Crippen LogP contribution in [0, 0.1) is 18.8 Å². The van der Waals surface area contributed by atoms with Crippen molar-refractivity contribution in [1.82, 2.24) is 0 Å². The lowest BCUT2D eigenvalue weighted by Crippen LogP contribution is -2.10. The smallest absolute Gasteiger partial charge is 0.0155 e. The predicted octanol–water partition coefficient (Wildman–Crippen LogP) is 8.64. The van der Waals surface area contributed by atoms with E-state index in [1.54, 1.807) is 11.1 Å². The van der Waals surface area contributed by atoms with Crippen LogP contribution in [0.15, 0.2) is 42.5 Å². The Balaban J connectivity index is 1.48. The van der Waals surface area contributed by atoms with E-state index in [4.69, 9.17) is 0 Å². The third-order valence-electron chi connectivity index (χ3n) is 7.69. The van der Waals surface area contributed by atoms with E-state index in [0.29, 0.717) is 0 Å². The van der Waals surface area contributed by atoms with Crippen molar-refractivity contribution in [3.63, 3.8) is 0 Å². The lowest BCUT2D eigenvalue weighted by atomic mass is 9.79. The minimum atomic E-state index is 0.772.